The molecule has 0 unspecified atom stereocenters. The number of hydrogen-bond acceptors (Lipinski definition) is 3. The van der Waals surface area contributed by atoms with E-state index in [1.54, 1.807) is 0 Å². The molecule has 17 rings (SSSR count). The highest BCUT2D eigenvalue weighted by Crippen LogP contribution is 2.42. The Kier molecular flexibility index (Phi) is 12.2. The lowest BCUT2D eigenvalue weighted by atomic mass is 9.97. The van der Waals surface area contributed by atoms with Crippen molar-refractivity contribution in [2.75, 3.05) is 4.90 Å². The summed E-state index contributed by atoms with van der Waals surface area (Å²) in [4.78, 5) is 2.34. The summed E-state index contributed by atoms with van der Waals surface area (Å²) < 4.78 is 14.8. The van der Waals surface area contributed by atoms with Crippen LogP contribution in [0.5, 0.6) is 0 Å². The van der Waals surface area contributed by atoms with Crippen molar-refractivity contribution < 1.29 is 8.83 Å². The van der Waals surface area contributed by atoms with Gasteiger partial charge in [-0.2, -0.15) is 0 Å². The standard InChI is InChI=1S/C84H54N2O2/c1-3-11-55(12-4-1)57-27-39-69(40-28-57)85(70-41-29-58(30-42-70)56-13-5-2-6-14-56)71-43-31-59(32-44-71)60-33-45-72(46-34-60)86-79-47-35-65(61-19-23-63(24-20-61)67-37-49-83-77(53-67)73-15-7-9-17-81(73)87-83)51-75(79)76-52-66(36-48-80(76)86)62-21-25-64(26-22-62)68-38-50-84-78(54-68)74-16-8-10-18-82(74)88-84/h1-54H. The molecule has 0 aliphatic carbocycles. The first-order chi connectivity index (χ1) is 43.6. The van der Waals surface area contributed by atoms with Gasteiger partial charge in [0.25, 0.3) is 0 Å². The first kappa shape index (κ1) is 50.8. The SMILES string of the molecule is c1ccc(-c2ccc(N(c3ccc(-c4ccccc4)cc3)c3ccc(-c4ccc(-n5c6ccc(-c7ccc(-c8ccc9oc%10ccccc%10c9c8)cc7)cc6c6cc(-c7ccc(-c8ccc9oc%10ccccc%10c9c8)cc7)ccc65)cc4)cc3)cc2)cc1. The Morgan fingerprint density at radius 3 is 0.830 bits per heavy atom. The van der Waals surface area contributed by atoms with Crippen molar-refractivity contribution in [2.24, 2.45) is 0 Å². The second kappa shape index (κ2) is 21.1. The normalized spacial score (nSPS) is 11.6. The second-order valence-corrected chi connectivity index (χ2v) is 22.8. The summed E-state index contributed by atoms with van der Waals surface area (Å²) in [6.45, 7) is 0. The molecule has 412 valence electrons. The molecule has 0 N–H and O–H groups in total. The van der Waals surface area contributed by atoms with Crippen molar-refractivity contribution in [1.29, 1.82) is 0 Å². The van der Waals surface area contributed by atoms with Gasteiger partial charge < -0.3 is 18.3 Å². The molecular weight excluding hydrogens is 1070 g/mol. The first-order valence-electron chi connectivity index (χ1n) is 30.0. The maximum absolute atomic E-state index is 6.16. The minimum atomic E-state index is 0.903. The van der Waals surface area contributed by atoms with Gasteiger partial charge in [0.15, 0.2) is 0 Å². The smallest absolute Gasteiger partial charge is 0.135 e. The molecule has 3 aromatic heterocycles. The number of furan rings is 2. The van der Waals surface area contributed by atoms with Gasteiger partial charge >= 0.3 is 0 Å². The molecule has 0 fully saturated rings. The van der Waals surface area contributed by atoms with Gasteiger partial charge in [-0.1, -0.05) is 218 Å². The summed E-state index contributed by atoms with van der Waals surface area (Å²) in [6, 6.07) is 118. The predicted octanol–water partition coefficient (Wildman–Crippen LogP) is 23.7. The summed E-state index contributed by atoms with van der Waals surface area (Å²) in [5.41, 5.74) is 26.7. The lowest BCUT2D eigenvalue weighted by Crippen LogP contribution is -2.09. The monoisotopic (exact) mass is 1120 g/mol. The van der Waals surface area contributed by atoms with Crippen molar-refractivity contribution in [1.82, 2.24) is 4.57 Å². The lowest BCUT2D eigenvalue weighted by molar-refractivity contribution is 0.668. The average molecular weight is 1120 g/mol. The highest BCUT2D eigenvalue weighted by atomic mass is 16.3. The molecule has 0 amide bonds. The van der Waals surface area contributed by atoms with E-state index in [1.165, 1.54) is 33.0 Å². The molecule has 0 aliphatic heterocycles. The number of fused-ring (bicyclic) bond motifs is 9. The Balaban J connectivity index is 0.713. The number of para-hydroxylation sites is 2. The minimum absolute atomic E-state index is 0.903. The second-order valence-electron chi connectivity index (χ2n) is 22.8. The quantitative estimate of drug-likeness (QED) is 0.129. The highest BCUT2D eigenvalue weighted by Gasteiger charge is 2.19. The van der Waals surface area contributed by atoms with Crippen LogP contribution in [0.4, 0.5) is 17.1 Å². The van der Waals surface area contributed by atoms with Crippen LogP contribution in [0.25, 0.3) is 149 Å². The molecule has 3 heterocycles. The molecule has 4 nitrogen and oxygen atoms in total. The van der Waals surface area contributed by atoms with Crippen LogP contribution < -0.4 is 4.90 Å². The summed E-state index contributed by atoms with van der Waals surface area (Å²) in [5.74, 6) is 0. The molecule has 0 aliphatic rings. The third-order valence-electron chi connectivity index (χ3n) is 17.7. The Morgan fingerprint density at radius 1 is 0.193 bits per heavy atom. The van der Waals surface area contributed by atoms with Gasteiger partial charge in [-0.05, 0) is 187 Å². The van der Waals surface area contributed by atoms with Crippen LogP contribution >= 0.6 is 0 Å². The molecule has 0 bridgehead atoms. The van der Waals surface area contributed by atoms with Gasteiger partial charge in [-0.15, -0.1) is 0 Å². The van der Waals surface area contributed by atoms with Crippen LogP contribution in [-0.2, 0) is 0 Å². The van der Waals surface area contributed by atoms with Crippen molar-refractivity contribution in [2.45, 2.75) is 0 Å². The molecule has 4 heteroatoms. The van der Waals surface area contributed by atoms with Gasteiger partial charge in [0, 0.05) is 55.1 Å². The largest absolute Gasteiger partial charge is 0.456 e. The zero-order chi connectivity index (χ0) is 58.1. The summed E-state index contributed by atoms with van der Waals surface area (Å²) in [7, 11) is 0. The Labute approximate surface area is 509 Å². The van der Waals surface area contributed by atoms with Gasteiger partial charge in [0.2, 0.25) is 0 Å². The Bertz CT molecular complexity index is 5130. The summed E-state index contributed by atoms with van der Waals surface area (Å²) >= 11 is 0. The fraction of sp³-hybridized carbons (Fsp3) is 0. The molecule has 0 atom stereocenters. The third kappa shape index (κ3) is 9.02. The fourth-order valence-corrected chi connectivity index (χ4v) is 13.1. The van der Waals surface area contributed by atoms with Crippen LogP contribution in [-0.4, -0.2) is 4.57 Å². The Hall–Kier alpha value is -11.7. The molecule has 17 aromatic rings. The van der Waals surface area contributed by atoms with Crippen molar-refractivity contribution in [3.05, 3.63) is 328 Å². The van der Waals surface area contributed by atoms with Gasteiger partial charge in [0.1, 0.15) is 22.3 Å². The van der Waals surface area contributed by atoms with Crippen LogP contribution in [0.1, 0.15) is 0 Å². The topological polar surface area (TPSA) is 34.5 Å². The van der Waals surface area contributed by atoms with Crippen molar-refractivity contribution in [3.63, 3.8) is 0 Å². The van der Waals surface area contributed by atoms with Gasteiger partial charge in [-0.3, -0.25) is 0 Å². The average Bonchev–Trinajstić information content (AvgIpc) is 2.28. The van der Waals surface area contributed by atoms with Crippen LogP contribution in [0.3, 0.4) is 0 Å². The maximum atomic E-state index is 6.16. The number of rotatable bonds is 11. The fourth-order valence-electron chi connectivity index (χ4n) is 13.1. The van der Waals surface area contributed by atoms with Gasteiger partial charge in [-0.25, -0.2) is 0 Å². The molecule has 14 aromatic carbocycles. The van der Waals surface area contributed by atoms with E-state index in [0.29, 0.717) is 0 Å². The number of benzene rings is 14. The predicted molar refractivity (Wildman–Crippen MR) is 368 cm³/mol. The highest BCUT2D eigenvalue weighted by molar-refractivity contribution is 6.12. The van der Waals surface area contributed by atoms with E-state index < -0.39 is 0 Å². The Morgan fingerprint density at radius 2 is 0.455 bits per heavy atom. The maximum Gasteiger partial charge on any atom is 0.135 e. The molecular formula is C84H54N2O2. The summed E-state index contributed by atoms with van der Waals surface area (Å²) in [6.07, 6.45) is 0. The van der Waals surface area contributed by atoms with E-state index >= 15 is 0 Å². The van der Waals surface area contributed by atoms with Crippen LogP contribution in [0.2, 0.25) is 0 Å². The van der Waals surface area contributed by atoms with Crippen LogP contribution in [0.15, 0.2) is 336 Å². The van der Waals surface area contributed by atoms with E-state index in [4.69, 9.17) is 8.83 Å². The molecule has 0 spiro atoms. The van der Waals surface area contributed by atoms with E-state index in [0.717, 1.165) is 133 Å². The number of hydrogen-bond donors (Lipinski definition) is 0. The van der Waals surface area contributed by atoms with Gasteiger partial charge in [0.05, 0.1) is 11.0 Å². The van der Waals surface area contributed by atoms with E-state index in [1.807, 2.05) is 24.3 Å². The van der Waals surface area contributed by atoms with Crippen molar-refractivity contribution in [3.8, 4) is 83.6 Å². The lowest BCUT2D eigenvalue weighted by Gasteiger charge is -2.26. The molecule has 0 saturated heterocycles. The zero-order valence-electron chi connectivity index (χ0n) is 47.9. The number of nitrogens with zero attached hydrogens (tertiary/aromatic N) is 2. The molecule has 88 heavy (non-hydrogen) atoms. The minimum Gasteiger partial charge on any atom is -0.456 e. The van der Waals surface area contributed by atoms with E-state index in [2.05, 4.69) is 313 Å². The molecule has 0 saturated carbocycles. The van der Waals surface area contributed by atoms with Crippen LogP contribution in [0, 0.1) is 0 Å². The molecule has 0 radical (unpaired) electrons. The number of anilines is 3. The van der Waals surface area contributed by atoms with E-state index in [9.17, 15) is 0 Å². The summed E-state index contributed by atoms with van der Waals surface area (Å²) in [5, 5.41) is 6.92. The van der Waals surface area contributed by atoms with E-state index in [-0.39, 0.29) is 0 Å². The zero-order valence-corrected chi connectivity index (χ0v) is 47.9. The first-order valence-corrected chi connectivity index (χ1v) is 30.0. The van der Waals surface area contributed by atoms with Crippen molar-refractivity contribution >= 4 is 82.7 Å². The third-order valence-corrected chi connectivity index (χ3v) is 17.7. The number of aromatic nitrogens is 1.